The Bertz CT molecular complexity index is 637. The van der Waals surface area contributed by atoms with Crippen molar-refractivity contribution in [3.05, 3.63) is 60.7 Å². The molecule has 0 aromatic heterocycles. The van der Waals surface area contributed by atoms with E-state index in [-0.39, 0.29) is 17.2 Å². The zero-order chi connectivity index (χ0) is 18.6. The summed E-state index contributed by atoms with van der Waals surface area (Å²) < 4.78 is 12.9. The zero-order valence-electron chi connectivity index (χ0n) is 16.2. The number of nitrogens with two attached hydrogens (primary N) is 1. The largest absolute Gasteiger partial charge is 0.405 e. The van der Waals surface area contributed by atoms with Crippen LogP contribution in [0.5, 0.6) is 0 Å². The highest BCUT2D eigenvalue weighted by atomic mass is 28.4. The van der Waals surface area contributed by atoms with Crippen molar-refractivity contribution in [2.75, 3.05) is 13.2 Å². The van der Waals surface area contributed by atoms with Crippen LogP contribution in [0.2, 0.25) is 5.04 Å². The standard InChI is InChI=1S/C22H31NO2Si/c1-22(2,3)26(20-10-6-4-7-11-20,21-12-8-5-9-13-21)25-17-19-15-14-18(23)16-24-19/h4-13,18-19H,14-17,23H2,1-3H3. The molecule has 2 atom stereocenters. The first kappa shape index (κ1) is 19.3. The molecule has 2 N–H and O–H groups in total. The SMILES string of the molecule is CC(C)(C)[Si](OCC1CCC(N)CO1)(c1ccccc1)c1ccccc1. The van der Waals surface area contributed by atoms with Crippen molar-refractivity contribution in [1.82, 2.24) is 0 Å². The lowest BCUT2D eigenvalue weighted by atomic mass is 10.1. The molecule has 140 valence electrons. The highest BCUT2D eigenvalue weighted by Crippen LogP contribution is 2.37. The van der Waals surface area contributed by atoms with Crippen LogP contribution in [0.25, 0.3) is 0 Å². The van der Waals surface area contributed by atoms with E-state index in [1.165, 1.54) is 10.4 Å². The molecule has 3 nitrogen and oxygen atoms in total. The van der Waals surface area contributed by atoms with Gasteiger partial charge in [0.2, 0.25) is 0 Å². The molecule has 0 spiro atoms. The summed E-state index contributed by atoms with van der Waals surface area (Å²) in [6.45, 7) is 8.17. The van der Waals surface area contributed by atoms with Gasteiger partial charge in [-0.1, -0.05) is 81.4 Å². The molecule has 0 saturated carbocycles. The van der Waals surface area contributed by atoms with E-state index < -0.39 is 8.32 Å². The first-order valence-electron chi connectivity index (χ1n) is 9.55. The molecule has 1 saturated heterocycles. The molecular weight excluding hydrogens is 338 g/mol. The maximum Gasteiger partial charge on any atom is 0.261 e. The van der Waals surface area contributed by atoms with Gasteiger partial charge in [-0.15, -0.1) is 0 Å². The van der Waals surface area contributed by atoms with Crippen molar-refractivity contribution in [2.45, 2.75) is 50.8 Å². The van der Waals surface area contributed by atoms with Crippen LogP contribution in [0, 0.1) is 0 Å². The third-order valence-corrected chi connectivity index (χ3v) is 10.3. The molecule has 2 aromatic carbocycles. The fourth-order valence-electron chi connectivity index (χ4n) is 3.94. The van der Waals surface area contributed by atoms with Crippen molar-refractivity contribution in [2.24, 2.45) is 5.73 Å². The number of ether oxygens (including phenoxy) is 1. The normalized spacial score (nSPS) is 21.5. The van der Waals surface area contributed by atoms with Gasteiger partial charge in [0.25, 0.3) is 8.32 Å². The van der Waals surface area contributed by atoms with E-state index in [1.54, 1.807) is 0 Å². The fraction of sp³-hybridized carbons (Fsp3) is 0.455. The minimum Gasteiger partial charge on any atom is -0.405 e. The van der Waals surface area contributed by atoms with Gasteiger partial charge in [0.05, 0.1) is 19.3 Å². The monoisotopic (exact) mass is 369 g/mol. The number of hydrogen-bond acceptors (Lipinski definition) is 3. The first-order chi connectivity index (χ1) is 12.4. The predicted molar refractivity (Wildman–Crippen MR) is 111 cm³/mol. The summed E-state index contributed by atoms with van der Waals surface area (Å²) in [5.74, 6) is 0. The molecule has 0 amide bonds. The Kier molecular flexibility index (Phi) is 5.98. The molecule has 2 aromatic rings. The van der Waals surface area contributed by atoms with Crippen LogP contribution in [0.15, 0.2) is 60.7 Å². The summed E-state index contributed by atoms with van der Waals surface area (Å²) in [4.78, 5) is 0. The Balaban J connectivity index is 1.97. The van der Waals surface area contributed by atoms with Crippen molar-refractivity contribution >= 4 is 18.7 Å². The molecule has 0 aliphatic carbocycles. The lowest BCUT2D eigenvalue weighted by molar-refractivity contribution is -0.0217. The average molecular weight is 370 g/mol. The second-order valence-electron chi connectivity index (χ2n) is 8.27. The number of benzene rings is 2. The zero-order valence-corrected chi connectivity index (χ0v) is 17.2. The van der Waals surface area contributed by atoms with E-state index in [4.69, 9.17) is 14.9 Å². The molecule has 3 rings (SSSR count). The topological polar surface area (TPSA) is 44.5 Å². The molecule has 0 radical (unpaired) electrons. The maximum absolute atomic E-state index is 6.91. The third-order valence-electron chi connectivity index (χ3n) is 5.31. The van der Waals surface area contributed by atoms with E-state index >= 15 is 0 Å². The highest BCUT2D eigenvalue weighted by molar-refractivity contribution is 6.99. The lowest BCUT2D eigenvalue weighted by Crippen LogP contribution is -2.67. The smallest absolute Gasteiger partial charge is 0.261 e. The molecular formula is C22H31NO2Si. The van der Waals surface area contributed by atoms with Crippen LogP contribution in [0.1, 0.15) is 33.6 Å². The number of rotatable bonds is 5. The van der Waals surface area contributed by atoms with Gasteiger partial charge in [-0.05, 0) is 28.3 Å². The molecule has 26 heavy (non-hydrogen) atoms. The number of hydrogen-bond donors (Lipinski definition) is 1. The van der Waals surface area contributed by atoms with Crippen LogP contribution < -0.4 is 16.1 Å². The van der Waals surface area contributed by atoms with Crippen LogP contribution in [0.4, 0.5) is 0 Å². The average Bonchev–Trinajstić information content (AvgIpc) is 2.64. The van der Waals surface area contributed by atoms with Crippen LogP contribution in [-0.4, -0.2) is 33.7 Å². The van der Waals surface area contributed by atoms with E-state index in [0.717, 1.165) is 12.8 Å². The van der Waals surface area contributed by atoms with Crippen LogP contribution in [0.3, 0.4) is 0 Å². The molecule has 1 aliphatic rings. The summed E-state index contributed by atoms with van der Waals surface area (Å²) in [6, 6.07) is 21.7. The quantitative estimate of drug-likeness (QED) is 0.824. The molecule has 1 aliphatic heterocycles. The maximum atomic E-state index is 6.91. The summed E-state index contributed by atoms with van der Waals surface area (Å²) in [6.07, 6.45) is 2.12. The van der Waals surface area contributed by atoms with Gasteiger partial charge >= 0.3 is 0 Å². The summed E-state index contributed by atoms with van der Waals surface area (Å²) in [5, 5.41) is 2.62. The van der Waals surface area contributed by atoms with Crippen molar-refractivity contribution < 1.29 is 9.16 Å². The van der Waals surface area contributed by atoms with Gasteiger partial charge in [-0.3, -0.25) is 0 Å². The van der Waals surface area contributed by atoms with Gasteiger partial charge in [0, 0.05) is 6.04 Å². The molecule has 0 bridgehead atoms. The van der Waals surface area contributed by atoms with Crippen LogP contribution in [-0.2, 0) is 9.16 Å². The second kappa shape index (κ2) is 8.05. The van der Waals surface area contributed by atoms with E-state index in [0.29, 0.717) is 13.2 Å². The Morgan fingerprint density at radius 3 is 1.92 bits per heavy atom. The third kappa shape index (κ3) is 3.94. The fourth-order valence-corrected chi connectivity index (χ4v) is 8.53. The van der Waals surface area contributed by atoms with Gasteiger partial charge in [0.15, 0.2) is 0 Å². The van der Waals surface area contributed by atoms with Crippen LogP contribution >= 0.6 is 0 Å². The van der Waals surface area contributed by atoms with Crippen molar-refractivity contribution in [1.29, 1.82) is 0 Å². The van der Waals surface area contributed by atoms with E-state index in [9.17, 15) is 0 Å². The Morgan fingerprint density at radius 2 is 1.50 bits per heavy atom. The van der Waals surface area contributed by atoms with Crippen molar-refractivity contribution in [3.8, 4) is 0 Å². The predicted octanol–water partition coefficient (Wildman–Crippen LogP) is 3.07. The minimum absolute atomic E-state index is 0.000770. The van der Waals surface area contributed by atoms with Gasteiger partial charge in [-0.2, -0.15) is 0 Å². The molecule has 4 heteroatoms. The Morgan fingerprint density at radius 1 is 0.962 bits per heavy atom. The summed E-state index contributed by atoms with van der Waals surface area (Å²) in [7, 11) is -2.46. The first-order valence-corrected chi connectivity index (χ1v) is 11.5. The molecule has 1 heterocycles. The van der Waals surface area contributed by atoms with Gasteiger partial charge < -0.3 is 14.9 Å². The lowest BCUT2D eigenvalue weighted by Gasteiger charge is -2.44. The van der Waals surface area contributed by atoms with Crippen molar-refractivity contribution in [3.63, 3.8) is 0 Å². The van der Waals surface area contributed by atoms with Gasteiger partial charge in [-0.25, -0.2) is 0 Å². The Labute approximate surface area is 158 Å². The van der Waals surface area contributed by atoms with Gasteiger partial charge in [0.1, 0.15) is 0 Å². The summed E-state index contributed by atoms with van der Waals surface area (Å²) in [5.41, 5.74) is 5.97. The van der Waals surface area contributed by atoms with E-state index in [1.807, 2.05) is 0 Å². The highest BCUT2D eigenvalue weighted by Gasteiger charge is 2.50. The summed E-state index contributed by atoms with van der Waals surface area (Å²) >= 11 is 0. The Hall–Kier alpha value is -1.46. The second-order valence-corrected chi connectivity index (χ2v) is 12.6. The van der Waals surface area contributed by atoms with E-state index in [2.05, 4.69) is 81.4 Å². The molecule has 1 fully saturated rings. The minimum atomic E-state index is -2.46. The molecule has 2 unspecified atom stereocenters.